The number of carbonyl (C=O) groups excluding carboxylic acids is 1. The van der Waals surface area contributed by atoms with Gasteiger partial charge in [-0.2, -0.15) is 0 Å². The highest BCUT2D eigenvalue weighted by Gasteiger charge is 2.19. The summed E-state index contributed by atoms with van der Waals surface area (Å²) in [5, 5.41) is 11.6. The van der Waals surface area contributed by atoms with Crippen molar-refractivity contribution in [2.24, 2.45) is 7.05 Å². The number of nitrogens with zero attached hydrogens (tertiary/aromatic N) is 3. The summed E-state index contributed by atoms with van der Waals surface area (Å²) in [6, 6.07) is 12.1. The van der Waals surface area contributed by atoms with E-state index in [1.165, 1.54) is 35.5 Å². The van der Waals surface area contributed by atoms with Gasteiger partial charge in [-0.25, -0.2) is 4.39 Å². The van der Waals surface area contributed by atoms with Gasteiger partial charge in [0, 0.05) is 12.7 Å². The van der Waals surface area contributed by atoms with E-state index in [-0.39, 0.29) is 28.2 Å². The Morgan fingerprint density at radius 2 is 1.91 bits per heavy atom. The van der Waals surface area contributed by atoms with Crippen molar-refractivity contribution in [1.82, 2.24) is 14.8 Å². The van der Waals surface area contributed by atoms with Crippen molar-refractivity contribution < 1.29 is 13.9 Å². The van der Waals surface area contributed by atoms with E-state index in [4.69, 9.17) is 16.3 Å². The van der Waals surface area contributed by atoms with Gasteiger partial charge in [0.1, 0.15) is 11.6 Å². The minimum absolute atomic E-state index is 0.0459. The Hall–Kier alpha value is -2.58. The lowest BCUT2D eigenvalue weighted by atomic mass is 9.87. The number of carbonyl (C=O) groups is 1. The zero-order valence-corrected chi connectivity index (χ0v) is 20.2. The molecular weight excluding hydrogens is 451 g/mol. The highest BCUT2D eigenvalue weighted by Crippen LogP contribution is 2.27. The molecule has 0 aliphatic heterocycles. The van der Waals surface area contributed by atoms with Crippen molar-refractivity contribution in [2.45, 2.75) is 44.4 Å². The number of nitrogens with one attached hydrogen (secondary N) is 1. The molecule has 0 saturated heterocycles. The Morgan fingerprint density at radius 1 is 1.22 bits per heavy atom. The maximum absolute atomic E-state index is 13.2. The van der Waals surface area contributed by atoms with Crippen LogP contribution in [-0.4, -0.2) is 26.4 Å². The quantitative estimate of drug-likeness (QED) is 0.438. The predicted molar refractivity (Wildman–Crippen MR) is 126 cm³/mol. The van der Waals surface area contributed by atoms with Gasteiger partial charge in [-0.1, -0.05) is 56.3 Å². The van der Waals surface area contributed by atoms with E-state index in [0.717, 1.165) is 5.75 Å². The lowest BCUT2D eigenvalue weighted by molar-refractivity contribution is -0.113. The Labute approximate surface area is 196 Å². The van der Waals surface area contributed by atoms with Gasteiger partial charge >= 0.3 is 0 Å². The number of hydrogen-bond acceptors (Lipinski definition) is 5. The normalized spacial score (nSPS) is 12.5. The first-order chi connectivity index (χ1) is 15.0. The van der Waals surface area contributed by atoms with Gasteiger partial charge in [-0.05, 0) is 48.2 Å². The average Bonchev–Trinajstić information content (AvgIpc) is 3.09. The maximum Gasteiger partial charge on any atom is 0.234 e. The monoisotopic (exact) mass is 476 g/mol. The van der Waals surface area contributed by atoms with Crippen molar-refractivity contribution in [2.75, 3.05) is 11.1 Å². The number of amides is 1. The van der Waals surface area contributed by atoms with Crippen LogP contribution in [-0.2, 0) is 17.3 Å². The third kappa shape index (κ3) is 6.01. The third-order valence-corrected chi connectivity index (χ3v) is 6.11. The first-order valence-electron chi connectivity index (χ1n) is 10.1. The molecule has 1 atom stereocenters. The molecular formula is C23H26ClFN4O2S. The number of ether oxygens (including phenoxy) is 1. The van der Waals surface area contributed by atoms with Crippen LogP contribution < -0.4 is 10.1 Å². The molecule has 2 aromatic carbocycles. The fourth-order valence-corrected chi connectivity index (χ4v) is 3.90. The molecule has 0 fully saturated rings. The van der Waals surface area contributed by atoms with E-state index >= 15 is 0 Å². The summed E-state index contributed by atoms with van der Waals surface area (Å²) in [5.41, 5.74) is 1.74. The van der Waals surface area contributed by atoms with Crippen molar-refractivity contribution >= 4 is 35.0 Å². The van der Waals surface area contributed by atoms with Gasteiger partial charge in [-0.15, -0.1) is 10.2 Å². The fraction of sp³-hybridized carbons (Fsp3) is 0.348. The molecule has 3 rings (SSSR count). The largest absolute Gasteiger partial charge is 0.483 e. The van der Waals surface area contributed by atoms with Crippen molar-refractivity contribution in [3.8, 4) is 5.75 Å². The van der Waals surface area contributed by atoms with Gasteiger partial charge in [0.15, 0.2) is 17.1 Å². The molecule has 1 aromatic heterocycles. The molecule has 1 N–H and O–H groups in total. The van der Waals surface area contributed by atoms with Crippen LogP contribution in [0.4, 0.5) is 10.1 Å². The number of hydrogen-bond donors (Lipinski definition) is 1. The van der Waals surface area contributed by atoms with E-state index in [9.17, 15) is 9.18 Å². The van der Waals surface area contributed by atoms with Gasteiger partial charge < -0.3 is 14.6 Å². The van der Waals surface area contributed by atoms with E-state index in [1.54, 1.807) is 4.57 Å². The topological polar surface area (TPSA) is 69.0 Å². The summed E-state index contributed by atoms with van der Waals surface area (Å²) < 4.78 is 21.1. The van der Waals surface area contributed by atoms with E-state index in [1.807, 2.05) is 26.1 Å². The molecule has 0 spiro atoms. The van der Waals surface area contributed by atoms with E-state index < -0.39 is 5.82 Å². The number of rotatable bonds is 7. The smallest absolute Gasteiger partial charge is 0.234 e. The molecule has 32 heavy (non-hydrogen) atoms. The zero-order valence-electron chi connectivity index (χ0n) is 18.6. The van der Waals surface area contributed by atoms with Crippen LogP contribution >= 0.6 is 23.4 Å². The SMILES string of the molecule is CC(Oc1ccc(C(C)(C)C)cc1)c1nnc(SCC(=O)Nc2ccc(F)c(Cl)c2)n1C. The fourth-order valence-electron chi connectivity index (χ4n) is 3.00. The molecule has 0 bridgehead atoms. The first kappa shape index (κ1) is 24.1. The van der Waals surface area contributed by atoms with Crippen molar-refractivity contribution in [1.29, 1.82) is 0 Å². The highest BCUT2D eigenvalue weighted by molar-refractivity contribution is 7.99. The molecule has 170 valence electrons. The second-order valence-electron chi connectivity index (χ2n) is 8.40. The maximum atomic E-state index is 13.2. The minimum Gasteiger partial charge on any atom is -0.483 e. The summed E-state index contributed by atoms with van der Waals surface area (Å²) in [6.07, 6.45) is -0.322. The summed E-state index contributed by atoms with van der Waals surface area (Å²) in [4.78, 5) is 12.2. The number of thioether (sulfide) groups is 1. The Kier molecular flexibility index (Phi) is 7.46. The van der Waals surface area contributed by atoms with Crippen LogP contribution in [0.5, 0.6) is 5.75 Å². The standard InChI is InChI=1S/C23H26ClFN4O2S/c1-14(31-17-9-6-15(7-10-17)23(2,3)4)21-27-28-22(29(21)5)32-13-20(30)26-16-8-11-19(25)18(24)12-16/h6-12,14H,13H2,1-5H3,(H,26,30). The summed E-state index contributed by atoms with van der Waals surface area (Å²) in [5.74, 6) is 0.723. The summed E-state index contributed by atoms with van der Waals surface area (Å²) in [6.45, 7) is 8.40. The Morgan fingerprint density at radius 3 is 2.53 bits per heavy atom. The van der Waals surface area contributed by atoms with Gasteiger partial charge in [0.2, 0.25) is 5.91 Å². The molecule has 3 aromatic rings. The third-order valence-electron chi connectivity index (χ3n) is 4.80. The summed E-state index contributed by atoms with van der Waals surface area (Å²) in [7, 11) is 1.83. The van der Waals surface area contributed by atoms with E-state index in [2.05, 4.69) is 48.4 Å². The average molecular weight is 477 g/mol. The second-order valence-corrected chi connectivity index (χ2v) is 9.75. The minimum atomic E-state index is -0.535. The van der Waals surface area contributed by atoms with Crippen LogP contribution in [0.25, 0.3) is 0 Å². The van der Waals surface area contributed by atoms with Crippen LogP contribution in [0.3, 0.4) is 0 Å². The molecule has 1 unspecified atom stereocenters. The second kappa shape index (κ2) is 9.92. The summed E-state index contributed by atoms with van der Waals surface area (Å²) >= 11 is 6.99. The van der Waals surface area contributed by atoms with Gasteiger partial charge in [0.05, 0.1) is 10.8 Å². The lowest BCUT2D eigenvalue weighted by Crippen LogP contribution is -2.15. The number of aromatic nitrogens is 3. The molecule has 0 aliphatic carbocycles. The van der Waals surface area contributed by atoms with Crippen LogP contribution in [0.1, 0.15) is 45.2 Å². The molecule has 0 saturated carbocycles. The molecule has 1 amide bonds. The highest BCUT2D eigenvalue weighted by atomic mass is 35.5. The zero-order chi connectivity index (χ0) is 23.5. The van der Waals surface area contributed by atoms with Crippen molar-refractivity contribution in [3.05, 3.63) is 64.7 Å². The van der Waals surface area contributed by atoms with E-state index in [0.29, 0.717) is 16.7 Å². The molecule has 0 radical (unpaired) electrons. The molecule has 1 heterocycles. The van der Waals surface area contributed by atoms with Crippen LogP contribution in [0.15, 0.2) is 47.6 Å². The van der Waals surface area contributed by atoms with Crippen LogP contribution in [0, 0.1) is 5.82 Å². The van der Waals surface area contributed by atoms with Crippen LogP contribution in [0.2, 0.25) is 5.02 Å². The molecule has 0 aliphatic rings. The van der Waals surface area contributed by atoms with Crippen molar-refractivity contribution in [3.63, 3.8) is 0 Å². The van der Waals surface area contributed by atoms with Gasteiger partial charge in [0.25, 0.3) is 0 Å². The predicted octanol–water partition coefficient (Wildman–Crippen LogP) is 5.78. The number of anilines is 1. The Balaban J connectivity index is 1.58. The Bertz CT molecular complexity index is 1100. The molecule has 6 nitrogen and oxygen atoms in total. The number of benzene rings is 2. The number of halogens is 2. The first-order valence-corrected chi connectivity index (χ1v) is 11.4. The lowest BCUT2D eigenvalue weighted by Gasteiger charge is -2.20. The molecule has 9 heteroatoms. The van der Waals surface area contributed by atoms with Gasteiger partial charge in [-0.3, -0.25) is 4.79 Å².